The van der Waals surface area contributed by atoms with Crippen LogP contribution in [0.15, 0.2) is 47.6 Å². The minimum absolute atomic E-state index is 0.0681. The van der Waals surface area contributed by atoms with Crippen LogP contribution in [0.4, 0.5) is 0 Å². The quantitative estimate of drug-likeness (QED) is 0.494. The van der Waals surface area contributed by atoms with E-state index in [9.17, 15) is 15.0 Å². The third-order valence-electron chi connectivity index (χ3n) is 4.18. The van der Waals surface area contributed by atoms with Gasteiger partial charge in [0, 0.05) is 11.5 Å². The van der Waals surface area contributed by atoms with Crippen molar-refractivity contribution in [2.24, 2.45) is 17.8 Å². The molecule has 0 aromatic heterocycles. The Morgan fingerprint density at radius 3 is 2.50 bits per heavy atom. The zero-order valence-corrected chi connectivity index (χ0v) is 15.0. The Morgan fingerprint density at radius 2 is 1.92 bits per heavy atom. The van der Waals surface area contributed by atoms with Crippen molar-refractivity contribution >= 4 is 5.78 Å². The molecular weight excluding hydrogens is 304 g/mol. The molecule has 0 saturated carbocycles. The fraction of sp³-hybridized carbons (Fsp3) is 0.550. The van der Waals surface area contributed by atoms with Crippen LogP contribution in [-0.4, -0.2) is 39.9 Å². The van der Waals surface area contributed by atoms with Gasteiger partial charge >= 0.3 is 0 Å². The number of rotatable bonds is 7. The SMILES string of the molecule is C/C(=C\C=C\C(C)/C=C/CC(C)C)[C@H]1[C@@H](O)C=C(CO)C(=O)[C@@H]1O. The van der Waals surface area contributed by atoms with Crippen LogP contribution in [-0.2, 0) is 4.79 Å². The largest absolute Gasteiger partial charge is 0.392 e. The monoisotopic (exact) mass is 334 g/mol. The Labute approximate surface area is 144 Å². The summed E-state index contributed by atoms with van der Waals surface area (Å²) in [4.78, 5) is 11.9. The summed E-state index contributed by atoms with van der Waals surface area (Å²) < 4.78 is 0. The Bertz CT molecular complexity index is 540. The fourth-order valence-corrected chi connectivity index (χ4v) is 2.70. The highest BCUT2D eigenvalue weighted by atomic mass is 16.3. The molecule has 0 aromatic rings. The van der Waals surface area contributed by atoms with Gasteiger partial charge in [-0.25, -0.2) is 0 Å². The molecule has 0 spiro atoms. The first-order chi connectivity index (χ1) is 11.3. The number of Topliss-reactive ketones (excluding diaryl/α,β-unsaturated/α-hetero) is 1. The van der Waals surface area contributed by atoms with E-state index in [2.05, 4.69) is 32.9 Å². The summed E-state index contributed by atoms with van der Waals surface area (Å²) >= 11 is 0. The standard InChI is InChI=1S/C20H30O4/c1-13(2)7-5-8-14(3)9-6-10-15(4)18-17(22)11-16(12-21)19(23)20(18)24/h5-6,8-11,13-14,17-18,20-22,24H,7,12H2,1-4H3/b8-5+,9-6+,15-10+/t14?,17-,18-,20+/m0/s1. The normalized spacial score (nSPS) is 27.3. The van der Waals surface area contributed by atoms with Crippen LogP contribution in [0, 0.1) is 17.8 Å². The molecule has 0 saturated heterocycles. The molecule has 0 amide bonds. The third-order valence-corrected chi connectivity index (χ3v) is 4.18. The van der Waals surface area contributed by atoms with Crippen molar-refractivity contribution in [2.75, 3.05) is 6.61 Å². The summed E-state index contributed by atoms with van der Waals surface area (Å²) in [6.07, 6.45) is 10.1. The van der Waals surface area contributed by atoms with Crippen LogP contribution in [0.1, 0.15) is 34.1 Å². The predicted octanol–water partition coefficient (Wildman–Crippen LogP) is 2.57. The van der Waals surface area contributed by atoms with Crippen molar-refractivity contribution in [3.8, 4) is 0 Å². The molecule has 0 fully saturated rings. The number of aliphatic hydroxyl groups excluding tert-OH is 3. The maximum Gasteiger partial charge on any atom is 0.190 e. The van der Waals surface area contributed by atoms with Gasteiger partial charge in [-0.2, -0.15) is 0 Å². The molecule has 0 bridgehead atoms. The van der Waals surface area contributed by atoms with Crippen LogP contribution in [0.25, 0.3) is 0 Å². The number of carbonyl (C=O) groups excluding carboxylic acids is 1. The third kappa shape index (κ3) is 5.86. The van der Waals surface area contributed by atoms with E-state index < -0.39 is 30.5 Å². The number of carbonyl (C=O) groups is 1. The number of aliphatic hydroxyl groups is 3. The van der Waals surface area contributed by atoms with Crippen LogP contribution in [0.5, 0.6) is 0 Å². The average Bonchev–Trinajstić information content (AvgIpc) is 2.50. The van der Waals surface area contributed by atoms with Crippen LogP contribution in [0.2, 0.25) is 0 Å². The first-order valence-electron chi connectivity index (χ1n) is 8.51. The summed E-state index contributed by atoms with van der Waals surface area (Å²) in [6.45, 7) is 7.75. The second kappa shape index (κ2) is 9.72. The molecule has 134 valence electrons. The van der Waals surface area contributed by atoms with Gasteiger partial charge in [-0.15, -0.1) is 0 Å². The summed E-state index contributed by atoms with van der Waals surface area (Å²) in [5.74, 6) is -0.265. The number of hydrogen-bond acceptors (Lipinski definition) is 4. The smallest absolute Gasteiger partial charge is 0.190 e. The highest BCUT2D eigenvalue weighted by Gasteiger charge is 2.37. The van der Waals surface area contributed by atoms with Crippen LogP contribution in [0.3, 0.4) is 0 Å². The minimum atomic E-state index is -1.32. The van der Waals surface area contributed by atoms with E-state index in [1.54, 1.807) is 6.92 Å². The Balaban J connectivity index is 2.75. The van der Waals surface area contributed by atoms with Gasteiger partial charge < -0.3 is 15.3 Å². The van der Waals surface area contributed by atoms with Gasteiger partial charge in [-0.3, -0.25) is 4.79 Å². The van der Waals surface area contributed by atoms with Gasteiger partial charge in [-0.1, -0.05) is 56.7 Å². The molecule has 4 heteroatoms. The van der Waals surface area contributed by atoms with Gasteiger partial charge in [0.05, 0.1) is 12.7 Å². The van der Waals surface area contributed by atoms with E-state index in [4.69, 9.17) is 5.11 Å². The molecule has 24 heavy (non-hydrogen) atoms. The summed E-state index contributed by atoms with van der Waals surface area (Å²) in [5, 5.41) is 29.3. The second-order valence-electron chi connectivity index (χ2n) is 6.89. The second-order valence-corrected chi connectivity index (χ2v) is 6.89. The fourth-order valence-electron chi connectivity index (χ4n) is 2.70. The maximum atomic E-state index is 11.9. The maximum absolute atomic E-state index is 11.9. The topological polar surface area (TPSA) is 77.8 Å². The number of allylic oxidation sites excluding steroid dienone is 5. The zero-order chi connectivity index (χ0) is 18.3. The Morgan fingerprint density at radius 1 is 1.25 bits per heavy atom. The van der Waals surface area contributed by atoms with Gasteiger partial charge in [-0.05, 0) is 31.3 Å². The van der Waals surface area contributed by atoms with E-state index in [-0.39, 0.29) is 11.5 Å². The summed E-state index contributed by atoms with van der Waals surface area (Å²) in [6, 6.07) is 0. The lowest BCUT2D eigenvalue weighted by Crippen LogP contribution is -2.43. The Kier molecular flexibility index (Phi) is 8.32. The molecule has 0 heterocycles. The van der Waals surface area contributed by atoms with Gasteiger partial charge in [0.15, 0.2) is 5.78 Å². The van der Waals surface area contributed by atoms with Crippen molar-refractivity contribution in [1.29, 1.82) is 0 Å². The predicted molar refractivity (Wildman–Crippen MR) is 96.3 cm³/mol. The van der Waals surface area contributed by atoms with Crippen molar-refractivity contribution in [3.63, 3.8) is 0 Å². The van der Waals surface area contributed by atoms with Crippen molar-refractivity contribution in [2.45, 2.75) is 46.3 Å². The van der Waals surface area contributed by atoms with Crippen molar-refractivity contribution < 1.29 is 20.1 Å². The van der Waals surface area contributed by atoms with Crippen LogP contribution < -0.4 is 0 Å². The first-order valence-corrected chi connectivity index (χ1v) is 8.51. The van der Waals surface area contributed by atoms with Gasteiger partial charge in [0.2, 0.25) is 0 Å². The Hall–Kier alpha value is -1.49. The van der Waals surface area contributed by atoms with Gasteiger partial charge in [0.25, 0.3) is 0 Å². The highest BCUT2D eigenvalue weighted by Crippen LogP contribution is 2.28. The minimum Gasteiger partial charge on any atom is -0.392 e. The van der Waals surface area contributed by atoms with Crippen molar-refractivity contribution in [3.05, 3.63) is 47.6 Å². The van der Waals surface area contributed by atoms with E-state index in [0.29, 0.717) is 5.92 Å². The van der Waals surface area contributed by atoms with E-state index in [0.717, 1.165) is 12.0 Å². The highest BCUT2D eigenvalue weighted by molar-refractivity contribution is 6.00. The molecule has 4 nitrogen and oxygen atoms in total. The molecule has 3 N–H and O–H groups in total. The zero-order valence-electron chi connectivity index (χ0n) is 15.0. The molecule has 0 radical (unpaired) electrons. The summed E-state index contributed by atoms with van der Waals surface area (Å²) in [7, 11) is 0. The van der Waals surface area contributed by atoms with E-state index in [1.165, 1.54) is 6.08 Å². The molecule has 1 aliphatic carbocycles. The molecule has 0 aliphatic heterocycles. The molecular formula is C20H30O4. The molecule has 1 aliphatic rings. The lowest BCUT2D eigenvalue weighted by molar-refractivity contribution is -0.128. The molecule has 1 rings (SSSR count). The van der Waals surface area contributed by atoms with Crippen molar-refractivity contribution in [1.82, 2.24) is 0 Å². The average molecular weight is 334 g/mol. The number of hydrogen-bond donors (Lipinski definition) is 3. The van der Waals surface area contributed by atoms with Crippen LogP contribution >= 0.6 is 0 Å². The lowest BCUT2D eigenvalue weighted by atomic mass is 9.79. The summed E-state index contributed by atoms with van der Waals surface area (Å²) in [5.41, 5.74) is 0.796. The molecule has 1 unspecified atom stereocenters. The molecule has 4 atom stereocenters. The first kappa shape index (κ1) is 20.6. The van der Waals surface area contributed by atoms with E-state index >= 15 is 0 Å². The van der Waals surface area contributed by atoms with Gasteiger partial charge in [0.1, 0.15) is 6.10 Å². The lowest BCUT2D eigenvalue weighted by Gasteiger charge is -2.30. The number of ketones is 1. The molecule has 0 aromatic carbocycles. The van der Waals surface area contributed by atoms with E-state index in [1.807, 2.05) is 18.2 Å².